The van der Waals surface area contributed by atoms with Crippen molar-refractivity contribution < 1.29 is 9.59 Å². The number of hydrogen-bond donors (Lipinski definition) is 0. The maximum atomic E-state index is 13.5. The van der Waals surface area contributed by atoms with Crippen LogP contribution < -0.4 is 4.90 Å². The van der Waals surface area contributed by atoms with Crippen LogP contribution in [0, 0.1) is 15.4 Å². The van der Waals surface area contributed by atoms with E-state index < -0.39 is 0 Å². The SMILES string of the molecule is O=C1C2C3c4ccccc4C(c4ccccc43)[C@@H]2C(=O)N1c1ccc(I)cc1. The quantitative estimate of drug-likeness (QED) is 0.377. The van der Waals surface area contributed by atoms with Gasteiger partial charge in [0.25, 0.3) is 0 Å². The average Bonchev–Trinajstić information content (AvgIpc) is 3.00. The number of carbonyl (C=O) groups is 2. The van der Waals surface area contributed by atoms with E-state index in [2.05, 4.69) is 46.9 Å². The molecule has 1 saturated heterocycles. The largest absolute Gasteiger partial charge is 0.274 e. The third kappa shape index (κ3) is 1.99. The predicted octanol–water partition coefficient (Wildman–Crippen LogP) is 4.69. The van der Waals surface area contributed by atoms with Crippen LogP contribution in [0.1, 0.15) is 34.1 Å². The van der Waals surface area contributed by atoms with Gasteiger partial charge in [0.2, 0.25) is 11.8 Å². The molecule has 4 heteroatoms. The lowest BCUT2D eigenvalue weighted by atomic mass is 9.55. The number of anilines is 1. The molecule has 1 heterocycles. The summed E-state index contributed by atoms with van der Waals surface area (Å²) in [4.78, 5) is 28.5. The van der Waals surface area contributed by atoms with Crippen LogP contribution in [0.25, 0.3) is 0 Å². The molecule has 1 unspecified atom stereocenters. The van der Waals surface area contributed by atoms with Gasteiger partial charge >= 0.3 is 0 Å². The second-order valence-corrected chi connectivity index (χ2v) is 9.00. The summed E-state index contributed by atoms with van der Waals surface area (Å²) >= 11 is 2.23. The number of imide groups is 1. The molecular formula is C24H16INO2. The van der Waals surface area contributed by atoms with Gasteiger partial charge in [-0.05, 0) is 69.1 Å². The van der Waals surface area contributed by atoms with Crippen LogP contribution in [-0.2, 0) is 9.59 Å². The highest BCUT2D eigenvalue weighted by atomic mass is 127. The van der Waals surface area contributed by atoms with Crippen molar-refractivity contribution in [3.05, 3.63) is 98.6 Å². The Morgan fingerprint density at radius 2 is 1.00 bits per heavy atom. The molecule has 3 aliphatic carbocycles. The number of halogens is 1. The van der Waals surface area contributed by atoms with E-state index in [9.17, 15) is 9.59 Å². The molecule has 0 N–H and O–H groups in total. The predicted molar refractivity (Wildman–Crippen MR) is 115 cm³/mol. The number of benzene rings is 3. The van der Waals surface area contributed by atoms with Crippen molar-refractivity contribution >= 4 is 40.1 Å². The number of amides is 2. The Hall–Kier alpha value is -2.47. The van der Waals surface area contributed by atoms with Gasteiger partial charge in [-0.3, -0.25) is 9.59 Å². The van der Waals surface area contributed by atoms with Crippen LogP contribution in [0.15, 0.2) is 72.8 Å². The Bertz CT molecular complexity index is 1040. The van der Waals surface area contributed by atoms with Crippen LogP contribution in [-0.4, -0.2) is 11.8 Å². The van der Waals surface area contributed by atoms with Gasteiger partial charge in [-0.15, -0.1) is 0 Å². The molecule has 1 fully saturated rings. The Balaban J connectivity index is 1.57. The summed E-state index contributed by atoms with van der Waals surface area (Å²) in [6, 6.07) is 24.3. The molecule has 4 aliphatic rings. The molecule has 136 valence electrons. The number of rotatable bonds is 1. The molecule has 3 aromatic rings. The van der Waals surface area contributed by atoms with Crippen LogP contribution in [0.3, 0.4) is 0 Å². The van der Waals surface area contributed by atoms with E-state index in [4.69, 9.17) is 0 Å². The molecule has 28 heavy (non-hydrogen) atoms. The fourth-order valence-corrected chi connectivity index (χ4v) is 5.88. The van der Waals surface area contributed by atoms with Gasteiger partial charge < -0.3 is 0 Å². The second-order valence-electron chi connectivity index (χ2n) is 7.75. The standard InChI is InChI=1S/C24H16INO2/c25-13-9-11-14(12-10-13)26-23(27)21-19-15-5-1-2-6-16(15)20(22(21)24(26)28)18-8-4-3-7-17(18)19/h1-12,19-22H/t19?,20?,21-,22?/m0/s1. The fraction of sp³-hybridized carbons (Fsp3) is 0.167. The first-order valence-electron chi connectivity index (χ1n) is 9.48. The Morgan fingerprint density at radius 1 is 0.607 bits per heavy atom. The van der Waals surface area contributed by atoms with Gasteiger partial charge in [-0.2, -0.15) is 0 Å². The van der Waals surface area contributed by atoms with Gasteiger partial charge in [0.1, 0.15) is 0 Å². The lowest BCUT2D eigenvalue weighted by molar-refractivity contribution is -0.122. The van der Waals surface area contributed by atoms with Crippen LogP contribution in [0.2, 0.25) is 0 Å². The van der Waals surface area contributed by atoms with Gasteiger partial charge in [0.05, 0.1) is 17.5 Å². The minimum Gasteiger partial charge on any atom is -0.274 e. The molecule has 2 amide bonds. The zero-order chi connectivity index (χ0) is 19.0. The van der Waals surface area contributed by atoms with Gasteiger partial charge in [0.15, 0.2) is 0 Å². The molecule has 3 aromatic carbocycles. The minimum atomic E-state index is -0.318. The van der Waals surface area contributed by atoms with Crippen molar-refractivity contribution in [1.82, 2.24) is 0 Å². The summed E-state index contributed by atoms with van der Waals surface area (Å²) in [7, 11) is 0. The molecular weight excluding hydrogens is 461 g/mol. The maximum Gasteiger partial charge on any atom is 0.238 e. The van der Waals surface area contributed by atoms with Crippen LogP contribution in [0.5, 0.6) is 0 Å². The van der Waals surface area contributed by atoms with E-state index in [-0.39, 0.29) is 35.5 Å². The van der Waals surface area contributed by atoms with Crippen molar-refractivity contribution in [1.29, 1.82) is 0 Å². The van der Waals surface area contributed by atoms with Crippen molar-refractivity contribution in [2.45, 2.75) is 11.8 Å². The summed E-state index contributed by atoms with van der Waals surface area (Å²) < 4.78 is 1.08. The normalized spacial score (nSPS) is 26.8. The fourth-order valence-electron chi connectivity index (χ4n) is 5.52. The van der Waals surface area contributed by atoms with E-state index in [1.165, 1.54) is 27.2 Å². The molecule has 0 saturated carbocycles. The topological polar surface area (TPSA) is 37.4 Å². The van der Waals surface area contributed by atoms with Gasteiger partial charge in [0, 0.05) is 15.4 Å². The number of nitrogens with zero attached hydrogens (tertiary/aromatic N) is 1. The van der Waals surface area contributed by atoms with E-state index in [1.807, 2.05) is 48.5 Å². The third-order valence-electron chi connectivity index (χ3n) is 6.53. The van der Waals surface area contributed by atoms with E-state index >= 15 is 0 Å². The summed E-state index contributed by atoms with van der Waals surface area (Å²) in [6.07, 6.45) is 0. The second kappa shape index (κ2) is 5.77. The third-order valence-corrected chi connectivity index (χ3v) is 7.25. The number of hydrogen-bond acceptors (Lipinski definition) is 2. The van der Waals surface area contributed by atoms with Crippen LogP contribution in [0.4, 0.5) is 5.69 Å². The van der Waals surface area contributed by atoms with Crippen molar-refractivity contribution in [2.24, 2.45) is 11.8 Å². The van der Waals surface area contributed by atoms with Crippen molar-refractivity contribution in [3.8, 4) is 0 Å². The van der Waals surface area contributed by atoms with Crippen LogP contribution >= 0.6 is 22.6 Å². The Labute approximate surface area is 176 Å². The van der Waals surface area contributed by atoms with Crippen molar-refractivity contribution in [2.75, 3.05) is 4.90 Å². The van der Waals surface area contributed by atoms with Gasteiger partial charge in [-0.1, -0.05) is 48.5 Å². The zero-order valence-corrected chi connectivity index (χ0v) is 17.0. The minimum absolute atomic E-state index is 0.0484. The summed E-state index contributed by atoms with van der Waals surface area (Å²) in [5.74, 6) is -0.853. The molecule has 0 aromatic heterocycles. The first-order valence-corrected chi connectivity index (χ1v) is 10.6. The molecule has 0 radical (unpaired) electrons. The smallest absolute Gasteiger partial charge is 0.238 e. The maximum absolute atomic E-state index is 13.5. The molecule has 7 rings (SSSR count). The molecule has 3 nitrogen and oxygen atoms in total. The highest BCUT2D eigenvalue weighted by Gasteiger charge is 2.61. The van der Waals surface area contributed by atoms with E-state index in [0.29, 0.717) is 5.69 Å². The number of carbonyl (C=O) groups excluding carboxylic acids is 2. The van der Waals surface area contributed by atoms with E-state index in [0.717, 1.165) is 3.57 Å². The monoisotopic (exact) mass is 477 g/mol. The molecule has 1 aliphatic heterocycles. The van der Waals surface area contributed by atoms with Crippen molar-refractivity contribution in [3.63, 3.8) is 0 Å². The summed E-state index contributed by atoms with van der Waals surface area (Å²) in [6.45, 7) is 0. The molecule has 2 atom stereocenters. The highest BCUT2D eigenvalue weighted by Crippen LogP contribution is 2.61. The van der Waals surface area contributed by atoms with Gasteiger partial charge in [-0.25, -0.2) is 4.90 Å². The molecule has 2 bridgehead atoms. The highest BCUT2D eigenvalue weighted by molar-refractivity contribution is 14.1. The Morgan fingerprint density at radius 3 is 1.39 bits per heavy atom. The van der Waals surface area contributed by atoms with E-state index in [1.54, 1.807) is 0 Å². The first-order chi connectivity index (χ1) is 13.7. The lowest BCUT2D eigenvalue weighted by Gasteiger charge is -2.45. The summed E-state index contributed by atoms with van der Waals surface area (Å²) in [5, 5.41) is 0. The summed E-state index contributed by atoms with van der Waals surface area (Å²) in [5.41, 5.74) is 5.50. The average molecular weight is 477 g/mol. The zero-order valence-electron chi connectivity index (χ0n) is 14.9. The molecule has 0 spiro atoms. The lowest BCUT2D eigenvalue weighted by Crippen LogP contribution is -2.41. The Kier molecular flexibility index (Phi) is 3.39. The first kappa shape index (κ1) is 16.5.